The fraction of sp³-hybridized carbons (Fsp3) is 0.273. The summed E-state index contributed by atoms with van der Waals surface area (Å²) < 4.78 is 4.61. The van der Waals surface area contributed by atoms with Gasteiger partial charge in [-0.15, -0.1) is 0 Å². The Kier molecular flexibility index (Phi) is 3.88. The Morgan fingerprint density at radius 1 is 1.31 bits per heavy atom. The Morgan fingerprint density at radius 2 is 1.88 bits per heavy atom. The van der Waals surface area contributed by atoms with Gasteiger partial charge in [-0.2, -0.15) is 0 Å². The molecule has 1 aromatic carbocycles. The lowest BCUT2D eigenvalue weighted by Gasteiger charge is -2.15. The van der Waals surface area contributed by atoms with Crippen LogP contribution in [0.1, 0.15) is 18.5 Å². The average molecular weight is 222 g/mol. The first-order chi connectivity index (χ1) is 7.54. The van der Waals surface area contributed by atoms with E-state index in [2.05, 4.69) is 10.1 Å². The summed E-state index contributed by atoms with van der Waals surface area (Å²) in [5, 5.41) is 2.51. The highest BCUT2D eigenvalue weighted by atomic mass is 16.5. The van der Waals surface area contributed by atoms with Crippen LogP contribution in [0.3, 0.4) is 0 Å². The minimum absolute atomic E-state index is 0.299. The lowest BCUT2D eigenvalue weighted by atomic mass is 10.1. The molecule has 1 rings (SSSR count). The highest BCUT2D eigenvalue weighted by molar-refractivity contribution is 5.84. The third kappa shape index (κ3) is 2.98. The van der Waals surface area contributed by atoms with E-state index in [1.807, 2.05) is 0 Å². The predicted molar refractivity (Wildman–Crippen MR) is 59.4 cm³/mol. The van der Waals surface area contributed by atoms with E-state index < -0.39 is 12.0 Å². The van der Waals surface area contributed by atoms with Gasteiger partial charge < -0.3 is 15.8 Å². The van der Waals surface area contributed by atoms with Crippen molar-refractivity contribution in [1.82, 2.24) is 5.32 Å². The first-order valence-electron chi connectivity index (χ1n) is 4.75. The van der Waals surface area contributed by atoms with E-state index >= 15 is 0 Å². The van der Waals surface area contributed by atoms with Gasteiger partial charge in [-0.1, -0.05) is 12.1 Å². The zero-order valence-electron chi connectivity index (χ0n) is 9.19. The summed E-state index contributed by atoms with van der Waals surface area (Å²) in [4.78, 5) is 22.4. The van der Waals surface area contributed by atoms with Crippen LogP contribution >= 0.6 is 0 Å². The van der Waals surface area contributed by atoms with Crippen LogP contribution in [-0.4, -0.2) is 19.0 Å². The molecule has 1 unspecified atom stereocenters. The molecular weight excluding hydrogens is 208 g/mol. The first kappa shape index (κ1) is 12.0. The molecule has 1 atom stereocenters. The van der Waals surface area contributed by atoms with Gasteiger partial charge >= 0.3 is 5.97 Å². The van der Waals surface area contributed by atoms with E-state index in [0.717, 1.165) is 0 Å². The topological polar surface area (TPSA) is 81.4 Å². The zero-order chi connectivity index (χ0) is 12.1. The van der Waals surface area contributed by atoms with Crippen molar-refractivity contribution in [1.29, 1.82) is 0 Å². The van der Waals surface area contributed by atoms with Gasteiger partial charge in [0.15, 0.2) is 6.04 Å². The molecule has 0 saturated carbocycles. The van der Waals surface area contributed by atoms with Crippen molar-refractivity contribution >= 4 is 17.6 Å². The van der Waals surface area contributed by atoms with Gasteiger partial charge in [0, 0.05) is 12.6 Å². The van der Waals surface area contributed by atoms with Crippen LogP contribution in [0.2, 0.25) is 0 Å². The van der Waals surface area contributed by atoms with Gasteiger partial charge in [0.1, 0.15) is 0 Å². The number of nitrogens with one attached hydrogen (secondary N) is 1. The van der Waals surface area contributed by atoms with Gasteiger partial charge in [-0.25, -0.2) is 4.79 Å². The average Bonchev–Trinajstić information content (AvgIpc) is 2.26. The second kappa shape index (κ2) is 5.16. The number of methoxy groups -OCH3 is 1. The minimum Gasteiger partial charge on any atom is -0.467 e. The lowest BCUT2D eigenvalue weighted by Crippen LogP contribution is -2.32. The number of benzene rings is 1. The van der Waals surface area contributed by atoms with E-state index in [0.29, 0.717) is 11.3 Å². The molecule has 0 aliphatic carbocycles. The maximum atomic E-state index is 11.5. The van der Waals surface area contributed by atoms with Gasteiger partial charge in [-0.3, -0.25) is 4.79 Å². The molecule has 0 aromatic heterocycles. The van der Waals surface area contributed by atoms with Gasteiger partial charge in [0.25, 0.3) is 0 Å². The van der Waals surface area contributed by atoms with Crippen molar-refractivity contribution in [2.45, 2.75) is 13.0 Å². The number of hydrogen-bond acceptors (Lipinski definition) is 4. The standard InChI is InChI=1S/C11H14N2O3/c1-7(14)13-10(11(15)16-2)8-3-5-9(12)6-4-8/h3-6,10H,12H2,1-2H3,(H,13,14). The zero-order valence-corrected chi connectivity index (χ0v) is 9.19. The second-order valence-electron chi connectivity index (χ2n) is 3.32. The Hall–Kier alpha value is -2.04. The highest BCUT2D eigenvalue weighted by Gasteiger charge is 2.21. The number of carbonyl (C=O) groups excluding carboxylic acids is 2. The van der Waals surface area contributed by atoms with Crippen molar-refractivity contribution in [3.05, 3.63) is 29.8 Å². The summed E-state index contributed by atoms with van der Waals surface area (Å²) in [6.07, 6.45) is 0. The van der Waals surface area contributed by atoms with Crippen LogP contribution in [0.4, 0.5) is 5.69 Å². The summed E-state index contributed by atoms with van der Waals surface area (Å²) >= 11 is 0. The molecule has 0 fully saturated rings. The largest absolute Gasteiger partial charge is 0.467 e. The second-order valence-corrected chi connectivity index (χ2v) is 3.32. The number of esters is 1. The molecule has 16 heavy (non-hydrogen) atoms. The van der Waals surface area contributed by atoms with Crippen molar-refractivity contribution in [2.24, 2.45) is 0 Å². The molecule has 5 nitrogen and oxygen atoms in total. The van der Waals surface area contributed by atoms with Gasteiger partial charge in [0.2, 0.25) is 5.91 Å². The molecule has 5 heteroatoms. The molecule has 1 amide bonds. The van der Waals surface area contributed by atoms with E-state index in [1.54, 1.807) is 24.3 Å². The monoisotopic (exact) mass is 222 g/mol. The molecule has 3 N–H and O–H groups in total. The number of rotatable bonds is 3. The maximum absolute atomic E-state index is 11.5. The quantitative estimate of drug-likeness (QED) is 0.580. The van der Waals surface area contributed by atoms with Crippen molar-refractivity contribution in [3.8, 4) is 0 Å². The number of nitrogens with two attached hydrogens (primary N) is 1. The molecule has 0 aliphatic heterocycles. The van der Waals surface area contributed by atoms with E-state index in [9.17, 15) is 9.59 Å². The summed E-state index contributed by atoms with van der Waals surface area (Å²) in [5.74, 6) is -0.813. The van der Waals surface area contributed by atoms with E-state index in [-0.39, 0.29) is 5.91 Å². The fourth-order valence-electron chi connectivity index (χ4n) is 1.29. The summed E-state index contributed by atoms with van der Waals surface area (Å²) in [5.41, 5.74) is 6.76. The van der Waals surface area contributed by atoms with Crippen molar-refractivity contribution < 1.29 is 14.3 Å². The van der Waals surface area contributed by atoms with E-state index in [4.69, 9.17) is 5.73 Å². The number of carbonyl (C=O) groups is 2. The molecule has 0 radical (unpaired) electrons. The van der Waals surface area contributed by atoms with Crippen LogP contribution in [0.15, 0.2) is 24.3 Å². The summed E-state index contributed by atoms with van der Waals surface area (Å²) in [7, 11) is 1.27. The molecule has 0 spiro atoms. The molecule has 1 aromatic rings. The minimum atomic E-state index is -0.789. The molecule has 86 valence electrons. The SMILES string of the molecule is COC(=O)C(NC(C)=O)c1ccc(N)cc1. The summed E-state index contributed by atoms with van der Waals surface area (Å²) in [6, 6.07) is 5.88. The Morgan fingerprint density at radius 3 is 2.31 bits per heavy atom. The predicted octanol–water partition coefficient (Wildman–Crippen LogP) is 0.619. The first-order valence-corrected chi connectivity index (χ1v) is 4.75. The van der Waals surface area contributed by atoms with Gasteiger partial charge in [0.05, 0.1) is 7.11 Å². The molecule has 0 aliphatic rings. The Bertz CT molecular complexity index is 387. The number of hydrogen-bond donors (Lipinski definition) is 2. The third-order valence-electron chi connectivity index (χ3n) is 2.05. The maximum Gasteiger partial charge on any atom is 0.333 e. The fourth-order valence-corrected chi connectivity index (χ4v) is 1.29. The van der Waals surface area contributed by atoms with Crippen molar-refractivity contribution in [2.75, 3.05) is 12.8 Å². The van der Waals surface area contributed by atoms with Crippen LogP contribution in [0.5, 0.6) is 0 Å². The van der Waals surface area contributed by atoms with Crippen LogP contribution in [0, 0.1) is 0 Å². The van der Waals surface area contributed by atoms with Crippen molar-refractivity contribution in [3.63, 3.8) is 0 Å². The Labute approximate surface area is 93.6 Å². The van der Waals surface area contributed by atoms with Gasteiger partial charge in [-0.05, 0) is 17.7 Å². The lowest BCUT2D eigenvalue weighted by molar-refractivity contribution is -0.145. The number of ether oxygens (including phenoxy) is 1. The van der Waals surface area contributed by atoms with Crippen LogP contribution in [-0.2, 0) is 14.3 Å². The Balaban J connectivity index is 2.96. The number of anilines is 1. The normalized spacial score (nSPS) is 11.6. The summed E-state index contributed by atoms with van der Waals surface area (Å²) in [6.45, 7) is 1.34. The number of nitrogen functional groups attached to an aromatic ring is 1. The highest BCUT2D eigenvalue weighted by Crippen LogP contribution is 2.16. The third-order valence-corrected chi connectivity index (χ3v) is 2.05. The molecule has 0 heterocycles. The molecule has 0 saturated heterocycles. The molecule has 0 bridgehead atoms. The smallest absolute Gasteiger partial charge is 0.333 e. The van der Waals surface area contributed by atoms with E-state index in [1.165, 1.54) is 14.0 Å². The van der Waals surface area contributed by atoms with Crippen LogP contribution < -0.4 is 11.1 Å². The molecular formula is C11H14N2O3. The number of amides is 1. The van der Waals surface area contributed by atoms with Crippen LogP contribution in [0.25, 0.3) is 0 Å².